The van der Waals surface area contributed by atoms with Crippen LogP contribution in [0.5, 0.6) is 0 Å². The number of nitrogens with zero attached hydrogens (tertiary/aromatic N) is 1. The first-order valence-corrected chi connectivity index (χ1v) is 8.72. The Hall–Kier alpha value is -2.39. The van der Waals surface area contributed by atoms with Crippen LogP contribution >= 0.6 is 9.39 Å². The minimum atomic E-state index is -0.776. The van der Waals surface area contributed by atoms with Gasteiger partial charge in [0.15, 0.2) is 0 Å². The molecule has 1 aromatic carbocycles. The van der Waals surface area contributed by atoms with Gasteiger partial charge in [-0.05, 0) is 59.3 Å². The zero-order valence-corrected chi connectivity index (χ0v) is 15.5. The minimum absolute atomic E-state index is 0.0507. The number of rotatable bonds is 5. The van der Waals surface area contributed by atoms with Gasteiger partial charge in [0.2, 0.25) is 0 Å². The molecule has 0 radical (unpaired) electrons. The number of aromatic nitrogens is 1. The van der Waals surface area contributed by atoms with E-state index in [4.69, 9.17) is 5.11 Å². The van der Waals surface area contributed by atoms with Crippen molar-refractivity contribution < 1.29 is 14.7 Å². The molecular formula is C19H21N2O3P. The van der Waals surface area contributed by atoms with E-state index in [1.807, 2.05) is 44.2 Å². The van der Waals surface area contributed by atoms with Gasteiger partial charge >= 0.3 is 5.97 Å². The van der Waals surface area contributed by atoms with E-state index in [-0.39, 0.29) is 12.3 Å². The second-order valence-corrected chi connectivity index (χ2v) is 6.78. The van der Waals surface area contributed by atoms with Crippen LogP contribution in [0.2, 0.25) is 0 Å². The number of nitrogens with one attached hydrogen (secondary N) is 1. The molecule has 130 valence electrons. The molecule has 0 aliphatic carbocycles. The number of fused-ring (bicyclic) bond motifs is 1. The summed E-state index contributed by atoms with van der Waals surface area (Å²) in [6.45, 7) is 3.99. The maximum Gasteiger partial charge on any atom is 0.303 e. The van der Waals surface area contributed by atoms with Crippen LogP contribution in [0.3, 0.4) is 0 Å². The number of amides is 1. The number of anilines is 1. The highest BCUT2D eigenvalue weighted by Crippen LogP contribution is 2.39. The lowest BCUT2D eigenvalue weighted by Gasteiger charge is -2.07. The third kappa shape index (κ3) is 3.24. The first kappa shape index (κ1) is 17.4. The summed E-state index contributed by atoms with van der Waals surface area (Å²) in [7, 11) is 2.47. The van der Waals surface area contributed by atoms with Crippen molar-refractivity contribution in [2.75, 3.05) is 4.67 Å². The van der Waals surface area contributed by atoms with Gasteiger partial charge in [-0.1, -0.05) is 18.2 Å². The van der Waals surface area contributed by atoms with E-state index in [1.54, 1.807) is 4.67 Å². The van der Waals surface area contributed by atoms with Gasteiger partial charge in [0, 0.05) is 23.4 Å². The van der Waals surface area contributed by atoms with Gasteiger partial charge in [0.1, 0.15) is 0 Å². The van der Waals surface area contributed by atoms with E-state index in [0.717, 1.165) is 33.8 Å². The van der Waals surface area contributed by atoms with Crippen molar-refractivity contribution in [1.82, 2.24) is 4.98 Å². The number of H-pyrrole nitrogens is 1. The Morgan fingerprint density at radius 2 is 2.04 bits per heavy atom. The maximum absolute atomic E-state index is 12.6. The van der Waals surface area contributed by atoms with E-state index in [2.05, 4.69) is 14.4 Å². The van der Waals surface area contributed by atoms with Crippen LogP contribution in [0.25, 0.3) is 11.6 Å². The number of hydrogen-bond acceptors (Lipinski definition) is 2. The van der Waals surface area contributed by atoms with Gasteiger partial charge in [-0.25, -0.2) is 0 Å². The van der Waals surface area contributed by atoms with Crippen molar-refractivity contribution in [2.24, 2.45) is 0 Å². The van der Waals surface area contributed by atoms with Crippen molar-refractivity contribution in [3.05, 3.63) is 52.3 Å². The largest absolute Gasteiger partial charge is 0.481 e. The predicted octanol–water partition coefficient (Wildman–Crippen LogP) is 3.72. The predicted molar refractivity (Wildman–Crippen MR) is 102 cm³/mol. The number of aromatic amines is 1. The highest BCUT2D eigenvalue weighted by atomic mass is 31.0. The molecule has 5 nitrogen and oxygen atoms in total. The SMILES string of the molecule is Cc1[nH]c(C=C2C(=O)N(P)c3ccccc32)c(C)c1CCCC(=O)O. The molecule has 0 saturated heterocycles. The quantitative estimate of drug-likeness (QED) is 0.633. The van der Waals surface area contributed by atoms with E-state index in [9.17, 15) is 9.59 Å². The van der Waals surface area contributed by atoms with Crippen LogP contribution in [0.4, 0.5) is 5.69 Å². The second kappa shape index (κ2) is 6.85. The zero-order valence-electron chi connectivity index (χ0n) is 14.3. The van der Waals surface area contributed by atoms with Crippen LogP contribution in [0, 0.1) is 13.8 Å². The van der Waals surface area contributed by atoms with E-state index in [1.165, 1.54) is 0 Å². The molecule has 2 N–H and O–H groups in total. The maximum atomic E-state index is 12.6. The van der Waals surface area contributed by atoms with Gasteiger partial charge < -0.3 is 10.1 Å². The van der Waals surface area contributed by atoms with Gasteiger partial charge in [-0.3, -0.25) is 14.3 Å². The van der Waals surface area contributed by atoms with Gasteiger partial charge in [0.05, 0.1) is 11.3 Å². The lowest BCUT2D eigenvalue weighted by molar-refractivity contribution is -0.137. The Morgan fingerprint density at radius 1 is 1.32 bits per heavy atom. The summed E-state index contributed by atoms with van der Waals surface area (Å²) in [4.78, 5) is 26.6. The minimum Gasteiger partial charge on any atom is -0.481 e. The van der Waals surface area contributed by atoms with Gasteiger partial charge in [-0.15, -0.1) is 0 Å². The summed E-state index contributed by atoms with van der Waals surface area (Å²) in [5, 5.41) is 8.81. The number of aliphatic carboxylic acids is 1. The molecule has 1 aromatic heterocycles. The number of hydrogen-bond donors (Lipinski definition) is 2. The van der Waals surface area contributed by atoms with E-state index < -0.39 is 5.97 Å². The topological polar surface area (TPSA) is 73.4 Å². The molecule has 6 heteroatoms. The summed E-state index contributed by atoms with van der Waals surface area (Å²) >= 11 is 0. The lowest BCUT2D eigenvalue weighted by Crippen LogP contribution is -2.12. The molecule has 25 heavy (non-hydrogen) atoms. The molecule has 1 aliphatic heterocycles. The van der Waals surface area contributed by atoms with E-state index in [0.29, 0.717) is 18.4 Å². The van der Waals surface area contributed by atoms with Crippen LogP contribution < -0.4 is 4.67 Å². The van der Waals surface area contributed by atoms with Crippen LogP contribution in [0.15, 0.2) is 24.3 Å². The number of carbonyl (C=O) groups excluding carboxylic acids is 1. The normalized spacial score (nSPS) is 15.1. The first-order valence-electron chi connectivity index (χ1n) is 8.20. The molecule has 0 bridgehead atoms. The number of carboxylic acid groups (broad SMARTS) is 1. The average Bonchev–Trinajstić information content (AvgIpc) is 2.98. The number of carboxylic acids is 1. The molecular weight excluding hydrogens is 335 g/mol. The third-order valence-corrected chi connectivity index (χ3v) is 5.15. The Morgan fingerprint density at radius 3 is 2.76 bits per heavy atom. The molecule has 2 heterocycles. The highest BCUT2D eigenvalue weighted by Gasteiger charge is 2.29. The smallest absolute Gasteiger partial charge is 0.303 e. The van der Waals surface area contributed by atoms with Crippen LogP contribution in [0.1, 0.15) is 40.9 Å². The van der Waals surface area contributed by atoms with Gasteiger partial charge in [0.25, 0.3) is 5.91 Å². The Labute approximate surface area is 149 Å². The molecule has 0 spiro atoms. The number of benzene rings is 1. The summed E-state index contributed by atoms with van der Waals surface area (Å²) in [6.07, 6.45) is 3.37. The second-order valence-electron chi connectivity index (χ2n) is 6.26. The molecule has 1 amide bonds. The Kier molecular flexibility index (Phi) is 4.78. The molecule has 1 atom stereocenters. The fraction of sp³-hybridized carbons (Fsp3) is 0.263. The Balaban J connectivity index is 1.94. The van der Waals surface area contributed by atoms with Crippen molar-refractivity contribution in [1.29, 1.82) is 0 Å². The zero-order chi connectivity index (χ0) is 18.1. The third-order valence-electron chi connectivity index (χ3n) is 4.64. The Bertz CT molecular complexity index is 883. The highest BCUT2D eigenvalue weighted by molar-refractivity contribution is 7.21. The molecule has 1 aliphatic rings. The van der Waals surface area contributed by atoms with Gasteiger partial charge in [-0.2, -0.15) is 0 Å². The molecule has 1 unspecified atom stereocenters. The number of aryl methyl sites for hydroxylation is 1. The standard InChI is InChI=1S/C19H21N2O3P/c1-11-13(7-5-9-18(22)23)12(2)20-16(11)10-15-14-6-3-4-8-17(14)21(25)19(15)24/h3-4,6,8,10,20H,5,7,9,25H2,1-2H3,(H,22,23). The van der Waals surface area contributed by atoms with Crippen molar-refractivity contribution in [3.8, 4) is 0 Å². The fourth-order valence-electron chi connectivity index (χ4n) is 3.30. The summed E-state index contributed by atoms with van der Waals surface area (Å²) in [5.74, 6) is -0.827. The monoisotopic (exact) mass is 356 g/mol. The average molecular weight is 356 g/mol. The van der Waals surface area contributed by atoms with Crippen LogP contribution in [-0.4, -0.2) is 22.0 Å². The number of carbonyl (C=O) groups is 2. The van der Waals surface area contributed by atoms with Crippen molar-refractivity contribution in [3.63, 3.8) is 0 Å². The summed E-state index contributed by atoms with van der Waals surface area (Å²) in [6, 6.07) is 7.71. The molecule has 0 saturated carbocycles. The van der Waals surface area contributed by atoms with E-state index >= 15 is 0 Å². The van der Waals surface area contributed by atoms with Crippen molar-refractivity contribution >= 4 is 38.6 Å². The summed E-state index contributed by atoms with van der Waals surface area (Å²) < 4.78 is 1.58. The lowest BCUT2D eigenvalue weighted by atomic mass is 10.0. The van der Waals surface area contributed by atoms with Crippen LogP contribution in [-0.2, 0) is 16.0 Å². The molecule has 3 rings (SSSR count). The molecule has 0 fully saturated rings. The molecule has 2 aromatic rings. The first-order chi connectivity index (χ1) is 11.9. The van der Waals surface area contributed by atoms with Crippen molar-refractivity contribution in [2.45, 2.75) is 33.1 Å². The fourth-order valence-corrected chi connectivity index (χ4v) is 3.66. The summed E-state index contributed by atoms with van der Waals surface area (Å²) in [5.41, 5.74) is 6.59. The number of para-hydroxylation sites is 1.